The molecule has 4 N–H and O–H groups in total. The molecule has 5 nitrogen and oxygen atoms in total. The van der Waals surface area contributed by atoms with Crippen molar-refractivity contribution < 1.29 is 15.0 Å². The second-order valence-corrected chi connectivity index (χ2v) is 4.28. The molecule has 0 aromatic rings. The zero-order valence-electron chi connectivity index (χ0n) is 8.93. The van der Waals surface area contributed by atoms with Gasteiger partial charge in [0.15, 0.2) is 0 Å². The van der Waals surface area contributed by atoms with E-state index in [1.165, 1.54) is 0 Å². The van der Waals surface area contributed by atoms with Crippen LogP contribution in [-0.4, -0.2) is 53.4 Å². The van der Waals surface area contributed by atoms with E-state index < -0.39 is 5.97 Å². The summed E-state index contributed by atoms with van der Waals surface area (Å²) in [4.78, 5) is 12.5. The molecule has 1 saturated heterocycles. The number of piperidine rings is 1. The van der Waals surface area contributed by atoms with E-state index in [0.717, 1.165) is 25.9 Å². The van der Waals surface area contributed by atoms with Crippen LogP contribution in [0.4, 0.5) is 0 Å². The van der Waals surface area contributed by atoms with Crippen LogP contribution in [0.15, 0.2) is 0 Å². The Kier molecular flexibility index (Phi) is 5.01. The number of aliphatic carboxylic acids is 1. The van der Waals surface area contributed by atoms with Crippen LogP contribution in [0.3, 0.4) is 0 Å². The minimum atomic E-state index is -0.771. The molecule has 0 aliphatic carbocycles. The van der Waals surface area contributed by atoms with Gasteiger partial charge in [-0.3, -0.25) is 4.79 Å². The lowest BCUT2D eigenvalue weighted by atomic mass is 9.92. The molecule has 1 rings (SSSR count). The van der Waals surface area contributed by atoms with Gasteiger partial charge in [-0.25, -0.2) is 0 Å². The first-order valence-electron chi connectivity index (χ1n) is 5.42. The van der Waals surface area contributed by atoms with Crippen LogP contribution in [0.2, 0.25) is 0 Å². The van der Waals surface area contributed by atoms with E-state index in [9.17, 15) is 4.79 Å². The minimum absolute atomic E-state index is 0.115. The van der Waals surface area contributed by atoms with E-state index >= 15 is 0 Å². The molecule has 2 atom stereocenters. The first kappa shape index (κ1) is 12.4. The normalized spacial score (nSPS) is 27.9. The summed E-state index contributed by atoms with van der Waals surface area (Å²) in [6.07, 6.45) is 1.86. The van der Waals surface area contributed by atoms with Crippen molar-refractivity contribution in [3.8, 4) is 0 Å². The van der Waals surface area contributed by atoms with Gasteiger partial charge in [-0.1, -0.05) is 0 Å². The Morgan fingerprint density at radius 2 is 2.20 bits per heavy atom. The topological polar surface area (TPSA) is 86.8 Å². The molecule has 88 valence electrons. The Morgan fingerprint density at radius 1 is 1.47 bits per heavy atom. The molecule has 2 unspecified atom stereocenters. The number of aliphatic hydroxyl groups excluding tert-OH is 1. The minimum Gasteiger partial charge on any atom is -0.481 e. The molecule has 5 heteroatoms. The van der Waals surface area contributed by atoms with Gasteiger partial charge in [0.2, 0.25) is 0 Å². The third kappa shape index (κ3) is 4.59. The maximum atomic E-state index is 10.4. The SMILES string of the molecule is NC1CC(CCO)CN(CCC(=O)O)C1. The summed E-state index contributed by atoms with van der Waals surface area (Å²) < 4.78 is 0. The molecule has 0 radical (unpaired) electrons. The Morgan fingerprint density at radius 3 is 2.80 bits per heavy atom. The third-order valence-electron chi connectivity index (χ3n) is 2.82. The largest absolute Gasteiger partial charge is 0.481 e. The van der Waals surface area contributed by atoms with Crippen molar-refractivity contribution >= 4 is 5.97 Å². The molecule has 1 aliphatic rings. The van der Waals surface area contributed by atoms with Crippen LogP contribution >= 0.6 is 0 Å². The molecule has 15 heavy (non-hydrogen) atoms. The van der Waals surface area contributed by atoms with Crippen LogP contribution in [0.25, 0.3) is 0 Å². The molecule has 0 aromatic heterocycles. The number of nitrogens with two attached hydrogens (primary N) is 1. The van der Waals surface area contributed by atoms with E-state index in [2.05, 4.69) is 4.90 Å². The summed E-state index contributed by atoms with van der Waals surface area (Å²) in [6.45, 7) is 2.38. The van der Waals surface area contributed by atoms with Crippen LogP contribution in [-0.2, 0) is 4.79 Å². The summed E-state index contributed by atoms with van der Waals surface area (Å²) in [7, 11) is 0. The third-order valence-corrected chi connectivity index (χ3v) is 2.82. The van der Waals surface area contributed by atoms with Gasteiger partial charge in [0.25, 0.3) is 0 Å². The predicted octanol–water partition coefficient (Wildman–Crippen LogP) is -0.507. The quantitative estimate of drug-likeness (QED) is 0.576. The Balaban J connectivity index is 2.34. The Hall–Kier alpha value is -0.650. The summed E-state index contributed by atoms with van der Waals surface area (Å²) >= 11 is 0. The van der Waals surface area contributed by atoms with Gasteiger partial charge in [-0.2, -0.15) is 0 Å². The number of carbonyl (C=O) groups is 1. The van der Waals surface area contributed by atoms with E-state index in [1.807, 2.05) is 0 Å². The molecule has 0 spiro atoms. The van der Waals surface area contributed by atoms with Crippen molar-refractivity contribution in [1.29, 1.82) is 0 Å². The zero-order chi connectivity index (χ0) is 11.3. The van der Waals surface area contributed by atoms with Crippen molar-refractivity contribution in [2.75, 3.05) is 26.2 Å². The predicted molar refractivity (Wildman–Crippen MR) is 56.5 cm³/mol. The van der Waals surface area contributed by atoms with E-state index in [0.29, 0.717) is 12.5 Å². The molecule has 1 fully saturated rings. The van der Waals surface area contributed by atoms with Gasteiger partial charge in [0, 0.05) is 32.3 Å². The number of hydrogen-bond acceptors (Lipinski definition) is 4. The van der Waals surface area contributed by atoms with Gasteiger partial charge in [0.1, 0.15) is 0 Å². The molecule has 1 heterocycles. The van der Waals surface area contributed by atoms with Crippen LogP contribution in [0.1, 0.15) is 19.3 Å². The lowest BCUT2D eigenvalue weighted by Gasteiger charge is -2.35. The van der Waals surface area contributed by atoms with Crippen molar-refractivity contribution in [2.24, 2.45) is 11.7 Å². The average Bonchev–Trinajstić information content (AvgIpc) is 2.14. The summed E-state index contributed by atoms with van der Waals surface area (Å²) in [5, 5.41) is 17.4. The summed E-state index contributed by atoms with van der Waals surface area (Å²) in [5.74, 6) is -0.361. The van der Waals surface area contributed by atoms with Gasteiger partial charge in [0.05, 0.1) is 6.42 Å². The number of carboxylic acid groups (broad SMARTS) is 1. The van der Waals surface area contributed by atoms with Crippen LogP contribution in [0.5, 0.6) is 0 Å². The number of hydrogen-bond donors (Lipinski definition) is 3. The molecule has 0 saturated carbocycles. The van der Waals surface area contributed by atoms with Gasteiger partial charge in [-0.05, 0) is 18.8 Å². The van der Waals surface area contributed by atoms with E-state index in [1.54, 1.807) is 0 Å². The number of aliphatic hydroxyl groups is 1. The van der Waals surface area contributed by atoms with Crippen molar-refractivity contribution in [3.63, 3.8) is 0 Å². The van der Waals surface area contributed by atoms with Crippen molar-refractivity contribution in [3.05, 3.63) is 0 Å². The molecule has 0 aromatic carbocycles. The van der Waals surface area contributed by atoms with Crippen LogP contribution < -0.4 is 5.73 Å². The number of carboxylic acids is 1. The fraction of sp³-hybridized carbons (Fsp3) is 0.900. The maximum absolute atomic E-state index is 10.4. The molecule has 1 aliphatic heterocycles. The molecular formula is C10H20N2O3. The van der Waals surface area contributed by atoms with Gasteiger partial charge >= 0.3 is 5.97 Å². The fourth-order valence-corrected chi connectivity index (χ4v) is 2.18. The van der Waals surface area contributed by atoms with E-state index in [-0.39, 0.29) is 19.1 Å². The first-order chi connectivity index (χ1) is 7.11. The lowest BCUT2D eigenvalue weighted by molar-refractivity contribution is -0.137. The van der Waals surface area contributed by atoms with Crippen molar-refractivity contribution in [2.45, 2.75) is 25.3 Å². The smallest absolute Gasteiger partial charge is 0.304 e. The standard InChI is InChI=1S/C10H20N2O3/c11-9-5-8(2-4-13)6-12(7-9)3-1-10(14)15/h8-9,13H,1-7,11H2,(H,14,15). The second-order valence-electron chi connectivity index (χ2n) is 4.28. The van der Waals surface area contributed by atoms with Gasteiger partial charge in [-0.15, -0.1) is 0 Å². The first-order valence-corrected chi connectivity index (χ1v) is 5.42. The average molecular weight is 216 g/mol. The summed E-state index contributed by atoms with van der Waals surface area (Å²) in [6, 6.07) is 0.115. The number of likely N-dealkylation sites (tertiary alicyclic amines) is 1. The number of rotatable bonds is 5. The lowest BCUT2D eigenvalue weighted by Crippen LogP contribution is -2.47. The highest BCUT2D eigenvalue weighted by Crippen LogP contribution is 2.18. The Labute approximate surface area is 89.9 Å². The highest BCUT2D eigenvalue weighted by Gasteiger charge is 2.24. The molecular weight excluding hydrogens is 196 g/mol. The maximum Gasteiger partial charge on any atom is 0.304 e. The summed E-state index contributed by atoms with van der Waals surface area (Å²) in [5.41, 5.74) is 5.88. The monoisotopic (exact) mass is 216 g/mol. The zero-order valence-corrected chi connectivity index (χ0v) is 8.93. The molecule has 0 bridgehead atoms. The number of nitrogens with zero attached hydrogens (tertiary/aromatic N) is 1. The van der Waals surface area contributed by atoms with E-state index in [4.69, 9.17) is 15.9 Å². The second kappa shape index (κ2) is 6.05. The highest BCUT2D eigenvalue weighted by molar-refractivity contribution is 5.66. The van der Waals surface area contributed by atoms with Crippen molar-refractivity contribution in [1.82, 2.24) is 4.90 Å². The molecule has 0 amide bonds. The Bertz CT molecular complexity index is 211. The highest BCUT2D eigenvalue weighted by atomic mass is 16.4. The van der Waals surface area contributed by atoms with Crippen LogP contribution in [0, 0.1) is 5.92 Å². The van der Waals surface area contributed by atoms with Gasteiger partial charge < -0.3 is 20.8 Å². The fourth-order valence-electron chi connectivity index (χ4n) is 2.18.